The van der Waals surface area contributed by atoms with E-state index in [0.29, 0.717) is 0 Å². The Kier molecular flexibility index (Phi) is 15.1. The van der Waals surface area contributed by atoms with E-state index in [-0.39, 0.29) is 0 Å². The minimum Gasteiger partial charge on any atom is -0.398 e. The second kappa shape index (κ2) is 15.1. The van der Waals surface area contributed by atoms with Gasteiger partial charge in [-0.05, 0) is 91.3 Å². The Labute approximate surface area is 158 Å². The summed E-state index contributed by atoms with van der Waals surface area (Å²) in [4.78, 5) is 7.44. The highest BCUT2D eigenvalue weighted by Crippen LogP contribution is 2.19. The molecule has 0 saturated carbocycles. The molecule has 0 aromatic rings. The van der Waals surface area contributed by atoms with Crippen LogP contribution in [0.15, 0.2) is 0 Å². The summed E-state index contributed by atoms with van der Waals surface area (Å²) < 4.78 is 11.5. The molecule has 5 nitrogen and oxygen atoms in total. The lowest BCUT2D eigenvalue weighted by molar-refractivity contribution is 0.219. The molecule has 0 N–H and O–H groups in total. The molecule has 152 valence electrons. The van der Waals surface area contributed by atoms with Gasteiger partial charge in [-0.3, -0.25) is 0 Å². The predicted molar refractivity (Wildman–Crippen MR) is 112 cm³/mol. The van der Waals surface area contributed by atoms with Crippen LogP contribution in [0.2, 0.25) is 12.1 Å². The van der Waals surface area contributed by atoms with Crippen LogP contribution in [-0.4, -0.2) is 97.4 Å². The van der Waals surface area contributed by atoms with Crippen molar-refractivity contribution in [3.05, 3.63) is 0 Å². The predicted octanol–water partition coefficient (Wildman–Crippen LogP) is 3.12. The molecule has 0 unspecified atom stereocenters. The van der Waals surface area contributed by atoms with Gasteiger partial charge in [0.05, 0.1) is 0 Å². The molecule has 6 heteroatoms. The standard InChI is InChI=1S/C19H45N3O2Si/c1-8-20(4)14-11-16-22(17-12-15-21(5)9-2)18-13-19-25(10-3,23-6)24-7/h8-19H2,1-7H3. The minimum atomic E-state index is -1.94. The van der Waals surface area contributed by atoms with Gasteiger partial charge in [0, 0.05) is 14.2 Å². The molecule has 0 aliphatic rings. The zero-order chi connectivity index (χ0) is 19.1. The first-order chi connectivity index (χ1) is 12.0. The van der Waals surface area contributed by atoms with Gasteiger partial charge < -0.3 is 23.6 Å². The zero-order valence-electron chi connectivity index (χ0n) is 18.1. The highest BCUT2D eigenvalue weighted by molar-refractivity contribution is 6.67. The fourth-order valence-electron chi connectivity index (χ4n) is 3.11. The van der Waals surface area contributed by atoms with Crippen LogP contribution in [0.25, 0.3) is 0 Å². The molecule has 0 atom stereocenters. The Morgan fingerprint density at radius 1 is 0.680 bits per heavy atom. The first-order valence-electron chi connectivity index (χ1n) is 10.2. The van der Waals surface area contributed by atoms with Gasteiger partial charge in [0.25, 0.3) is 0 Å². The van der Waals surface area contributed by atoms with Crippen molar-refractivity contribution in [1.29, 1.82) is 0 Å². The van der Waals surface area contributed by atoms with Gasteiger partial charge >= 0.3 is 8.56 Å². The Balaban J connectivity index is 4.35. The summed E-state index contributed by atoms with van der Waals surface area (Å²) in [6.45, 7) is 14.8. The van der Waals surface area contributed by atoms with E-state index in [2.05, 4.69) is 49.6 Å². The molecular weight excluding hydrogens is 330 g/mol. The highest BCUT2D eigenvalue weighted by atomic mass is 28.4. The summed E-state index contributed by atoms with van der Waals surface area (Å²) in [5.74, 6) is 0. The molecular formula is C19H45N3O2Si. The van der Waals surface area contributed by atoms with Crippen LogP contribution < -0.4 is 0 Å². The van der Waals surface area contributed by atoms with Crippen LogP contribution in [0.4, 0.5) is 0 Å². The van der Waals surface area contributed by atoms with Crippen LogP contribution in [0, 0.1) is 0 Å². The molecule has 0 heterocycles. The Hall–Kier alpha value is 0.0169. The third kappa shape index (κ3) is 11.4. The van der Waals surface area contributed by atoms with Crippen molar-refractivity contribution in [2.75, 3.05) is 74.1 Å². The van der Waals surface area contributed by atoms with Gasteiger partial charge in [0.1, 0.15) is 0 Å². The molecule has 0 aromatic heterocycles. The maximum atomic E-state index is 5.76. The summed E-state index contributed by atoms with van der Waals surface area (Å²) in [7, 11) is 6.11. The molecule has 0 aromatic carbocycles. The van der Waals surface area contributed by atoms with E-state index in [1.54, 1.807) is 0 Å². The maximum Gasteiger partial charge on any atom is 0.337 e. The van der Waals surface area contributed by atoms with E-state index in [4.69, 9.17) is 8.85 Å². The smallest absolute Gasteiger partial charge is 0.337 e. The average molecular weight is 376 g/mol. The molecule has 25 heavy (non-hydrogen) atoms. The second-order valence-electron chi connectivity index (χ2n) is 7.12. The number of nitrogens with zero attached hydrogens (tertiary/aromatic N) is 3. The van der Waals surface area contributed by atoms with Gasteiger partial charge in [-0.2, -0.15) is 0 Å². The molecule has 0 fully saturated rings. The van der Waals surface area contributed by atoms with E-state index in [9.17, 15) is 0 Å². The molecule has 0 saturated heterocycles. The van der Waals surface area contributed by atoms with E-state index < -0.39 is 8.56 Å². The van der Waals surface area contributed by atoms with Crippen molar-refractivity contribution in [1.82, 2.24) is 14.7 Å². The van der Waals surface area contributed by atoms with Crippen LogP contribution >= 0.6 is 0 Å². The van der Waals surface area contributed by atoms with Crippen molar-refractivity contribution < 1.29 is 8.85 Å². The van der Waals surface area contributed by atoms with Crippen LogP contribution in [0.1, 0.15) is 40.0 Å². The van der Waals surface area contributed by atoms with Crippen molar-refractivity contribution in [3.8, 4) is 0 Å². The minimum absolute atomic E-state index is 1.03. The third-order valence-electron chi connectivity index (χ3n) is 5.42. The van der Waals surface area contributed by atoms with E-state index in [1.807, 2.05) is 14.2 Å². The lowest BCUT2D eigenvalue weighted by Gasteiger charge is -2.28. The molecule has 0 aliphatic carbocycles. The SMILES string of the molecule is CCN(C)CCCN(CCCN(C)CC)CCC[Si](CC)(OC)OC. The average Bonchev–Trinajstić information content (AvgIpc) is 2.64. The van der Waals surface area contributed by atoms with Crippen LogP contribution in [0.5, 0.6) is 0 Å². The third-order valence-corrected chi connectivity index (χ3v) is 9.10. The molecule has 0 spiro atoms. The second-order valence-corrected chi connectivity index (χ2v) is 11.0. The Bertz CT molecular complexity index is 280. The van der Waals surface area contributed by atoms with Crippen LogP contribution in [0.3, 0.4) is 0 Å². The lowest BCUT2D eigenvalue weighted by Crippen LogP contribution is -2.40. The summed E-state index contributed by atoms with van der Waals surface area (Å²) >= 11 is 0. The monoisotopic (exact) mass is 375 g/mol. The Morgan fingerprint density at radius 2 is 1.12 bits per heavy atom. The van der Waals surface area contributed by atoms with E-state index >= 15 is 0 Å². The quantitative estimate of drug-likeness (QED) is 0.364. The van der Waals surface area contributed by atoms with Crippen molar-refractivity contribution in [3.63, 3.8) is 0 Å². The fourth-order valence-corrected chi connectivity index (χ4v) is 5.31. The van der Waals surface area contributed by atoms with Gasteiger partial charge in [-0.15, -0.1) is 0 Å². The number of rotatable bonds is 17. The zero-order valence-corrected chi connectivity index (χ0v) is 19.1. The summed E-state index contributed by atoms with van der Waals surface area (Å²) in [6.07, 6.45) is 3.67. The summed E-state index contributed by atoms with van der Waals surface area (Å²) in [5, 5.41) is 0. The van der Waals surface area contributed by atoms with Crippen molar-refractivity contribution >= 4 is 8.56 Å². The maximum absolute atomic E-state index is 5.76. The molecule has 0 aliphatic heterocycles. The van der Waals surface area contributed by atoms with Gasteiger partial charge in [0.2, 0.25) is 0 Å². The normalized spacial score (nSPS) is 12.7. The van der Waals surface area contributed by atoms with Gasteiger partial charge in [0.15, 0.2) is 0 Å². The fraction of sp³-hybridized carbons (Fsp3) is 1.00. The largest absolute Gasteiger partial charge is 0.398 e. The molecule has 0 radical (unpaired) electrons. The topological polar surface area (TPSA) is 28.2 Å². The molecule has 0 rings (SSSR count). The molecule has 0 amide bonds. The number of hydrogen-bond acceptors (Lipinski definition) is 5. The van der Waals surface area contributed by atoms with Crippen molar-refractivity contribution in [2.24, 2.45) is 0 Å². The van der Waals surface area contributed by atoms with E-state index in [1.165, 1.54) is 45.4 Å². The highest BCUT2D eigenvalue weighted by Gasteiger charge is 2.32. The summed E-state index contributed by atoms with van der Waals surface area (Å²) in [5.41, 5.74) is 0. The van der Waals surface area contributed by atoms with E-state index in [0.717, 1.165) is 31.7 Å². The summed E-state index contributed by atoms with van der Waals surface area (Å²) in [6, 6.07) is 2.12. The first kappa shape index (κ1) is 25.0. The van der Waals surface area contributed by atoms with Crippen molar-refractivity contribution in [2.45, 2.75) is 52.1 Å². The Morgan fingerprint density at radius 3 is 1.48 bits per heavy atom. The van der Waals surface area contributed by atoms with Crippen LogP contribution in [-0.2, 0) is 8.85 Å². The number of hydrogen-bond donors (Lipinski definition) is 0. The van der Waals surface area contributed by atoms with Gasteiger partial charge in [-0.25, -0.2) is 0 Å². The molecule has 0 bridgehead atoms. The lowest BCUT2D eigenvalue weighted by atomic mass is 10.3. The van der Waals surface area contributed by atoms with Gasteiger partial charge in [-0.1, -0.05) is 20.8 Å². The first-order valence-corrected chi connectivity index (χ1v) is 12.4.